The quantitative estimate of drug-likeness (QED) is 0.764. The van der Waals surface area contributed by atoms with E-state index < -0.39 is 0 Å². The predicted molar refractivity (Wildman–Crippen MR) is 65.0 cm³/mol. The molecule has 1 heterocycles. The van der Waals surface area contributed by atoms with Crippen LogP contribution in [0.3, 0.4) is 0 Å². The molecule has 1 saturated heterocycles. The molecule has 0 aromatic carbocycles. The molecule has 2 nitrogen and oxygen atoms in total. The molecule has 3 unspecified atom stereocenters. The van der Waals surface area contributed by atoms with Crippen LogP contribution in [-0.4, -0.2) is 37.6 Å². The molecule has 0 spiro atoms. The van der Waals surface area contributed by atoms with Crippen LogP contribution < -0.4 is 5.32 Å². The Kier molecular flexibility index (Phi) is 4.04. The Balaban J connectivity index is 1.68. The number of nitrogens with one attached hydrogen (secondary N) is 1. The van der Waals surface area contributed by atoms with Gasteiger partial charge in [0.15, 0.2) is 0 Å². The fourth-order valence-corrected chi connectivity index (χ4v) is 3.34. The monoisotopic (exact) mass is 210 g/mol. The molecule has 0 aromatic rings. The van der Waals surface area contributed by atoms with Gasteiger partial charge >= 0.3 is 0 Å². The van der Waals surface area contributed by atoms with Crippen LogP contribution in [-0.2, 0) is 0 Å². The van der Waals surface area contributed by atoms with Crippen LogP contribution in [0.25, 0.3) is 0 Å². The summed E-state index contributed by atoms with van der Waals surface area (Å²) in [5.41, 5.74) is 0. The Hall–Kier alpha value is -0.0800. The summed E-state index contributed by atoms with van der Waals surface area (Å²) in [6, 6.07) is 0.810. The SMILES string of the molecule is CNC1CCCC1CCN1CCC(C)C1. The third-order valence-electron chi connectivity index (χ3n) is 4.35. The highest BCUT2D eigenvalue weighted by Crippen LogP contribution is 2.29. The van der Waals surface area contributed by atoms with Crippen LogP contribution in [0.15, 0.2) is 0 Å². The minimum absolute atomic E-state index is 0.810. The van der Waals surface area contributed by atoms with Crippen LogP contribution in [0, 0.1) is 11.8 Å². The van der Waals surface area contributed by atoms with Crippen molar-refractivity contribution in [2.75, 3.05) is 26.7 Å². The molecule has 88 valence electrons. The molecular formula is C13H26N2. The third-order valence-corrected chi connectivity index (χ3v) is 4.35. The molecule has 2 aliphatic rings. The molecule has 1 aliphatic heterocycles. The average Bonchev–Trinajstić information content (AvgIpc) is 2.83. The fraction of sp³-hybridized carbons (Fsp3) is 1.00. The average molecular weight is 210 g/mol. The summed E-state index contributed by atoms with van der Waals surface area (Å²) in [5.74, 6) is 1.89. The van der Waals surface area contributed by atoms with E-state index in [0.717, 1.165) is 17.9 Å². The van der Waals surface area contributed by atoms with Gasteiger partial charge in [0, 0.05) is 12.6 Å². The van der Waals surface area contributed by atoms with E-state index in [9.17, 15) is 0 Å². The van der Waals surface area contributed by atoms with Crippen molar-refractivity contribution in [3.05, 3.63) is 0 Å². The molecule has 1 saturated carbocycles. The van der Waals surface area contributed by atoms with Crippen molar-refractivity contribution in [3.63, 3.8) is 0 Å². The van der Waals surface area contributed by atoms with Crippen molar-refractivity contribution < 1.29 is 0 Å². The zero-order chi connectivity index (χ0) is 10.7. The second kappa shape index (κ2) is 5.31. The summed E-state index contributed by atoms with van der Waals surface area (Å²) in [7, 11) is 2.13. The van der Waals surface area contributed by atoms with Gasteiger partial charge in [0.1, 0.15) is 0 Å². The van der Waals surface area contributed by atoms with Crippen LogP contribution in [0.2, 0.25) is 0 Å². The van der Waals surface area contributed by atoms with Gasteiger partial charge in [-0.3, -0.25) is 0 Å². The van der Waals surface area contributed by atoms with Crippen molar-refractivity contribution in [1.29, 1.82) is 0 Å². The normalized spacial score (nSPS) is 37.6. The lowest BCUT2D eigenvalue weighted by atomic mass is 9.99. The Morgan fingerprint density at radius 1 is 1.27 bits per heavy atom. The first-order valence-corrected chi connectivity index (χ1v) is 6.69. The molecule has 2 fully saturated rings. The largest absolute Gasteiger partial charge is 0.317 e. The van der Waals surface area contributed by atoms with E-state index in [0.29, 0.717) is 0 Å². The van der Waals surface area contributed by atoms with Gasteiger partial charge in [0.2, 0.25) is 0 Å². The minimum Gasteiger partial charge on any atom is -0.317 e. The maximum atomic E-state index is 3.48. The zero-order valence-electron chi connectivity index (χ0n) is 10.3. The molecule has 1 N–H and O–H groups in total. The third kappa shape index (κ3) is 2.94. The van der Waals surface area contributed by atoms with Gasteiger partial charge in [-0.2, -0.15) is 0 Å². The zero-order valence-corrected chi connectivity index (χ0v) is 10.3. The summed E-state index contributed by atoms with van der Waals surface area (Å²) >= 11 is 0. The predicted octanol–water partition coefficient (Wildman–Crippen LogP) is 2.11. The van der Waals surface area contributed by atoms with E-state index in [-0.39, 0.29) is 0 Å². The number of hydrogen-bond acceptors (Lipinski definition) is 2. The van der Waals surface area contributed by atoms with Crippen molar-refractivity contribution in [2.45, 2.75) is 45.1 Å². The molecule has 0 radical (unpaired) electrons. The van der Waals surface area contributed by atoms with Crippen LogP contribution in [0.1, 0.15) is 39.0 Å². The highest BCUT2D eigenvalue weighted by molar-refractivity contribution is 4.83. The Labute approximate surface area is 94.4 Å². The van der Waals surface area contributed by atoms with Crippen molar-refractivity contribution in [1.82, 2.24) is 10.2 Å². The maximum absolute atomic E-state index is 3.48. The van der Waals surface area contributed by atoms with E-state index in [1.54, 1.807) is 0 Å². The topological polar surface area (TPSA) is 15.3 Å². The molecule has 1 aliphatic carbocycles. The molecule has 0 aromatic heterocycles. The number of likely N-dealkylation sites (tertiary alicyclic amines) is 1. The number of nitrogens with zero attached hydrogens (tertiary/aromatic N) is 1. The van der Waals surface area contributed by atoms with E-state index in [1.807, 2.05) is 0 Å². The first kappa shape index (κ1) is 11.4. The first-order chi connectivity index (χ1) is 7.29. The highest BCUT2D eigenvalue weighted by Gasteiger charge is 2.27. The molecule has 0 amide bonds. The van der Waals surface area contributed by atoms with E-state index >= 15 is 0 Å². The summed E-state index contributed by atoms with van der Waals surface area (Å²) < 4.78 is 0. The molecule has 2 heteroatoms. The maximum Gasteiger partial charge on any atom is 0.00928 e. The standard InChI is InChI=1S/C13H26N2/c1-11-6-8-15(10-11)9-7-12-4-3-5-13(12)14-2/h11-14H,3-10H2,1-2H3. The Morgan fingerprint density at radius 3 is 2.80 bits per heavy atom. The van der Waals surface area contributed by atoms with Gasteiger partial charge in [-0.15, -0.1) is 0 Å². The molecular weight excluding hydrogens is 184 g/mol. The van der Waals surface area contributed by atoms with Crippen LogP contribution in [0.5, 0.6) is 0 Å². The van der Waals surface area contributed by atoms with Gasteiger partial charge in [0.25, 0.3) is 0 Å². The Morgan fingerprint density at radius 2 is 2.13 bits per heavy atom. The molecule has 0 bridgehead atoms. The van der Waals surface area contributed by atoms with Crippen LogP contribution >= 0.6 is 0 Å². The summed E-state index contributed by atoms with van der Waals surface area (Å²) in [6.45, 7) is 6.41. The minimum atomic E-state index is 0.810. The second-order valence-electron chi connectivity index (χ2n) is 5.57. The molecule has 3 atom stereocenters. The van der Waals surface area contributed by atoms with E-state index in [2.05, 4.69) is 24.2 Å². The van der Waals surface area contributed by atoms with Gasteiger partial charge in [-0.1, -0.05) is 13.3 Å². The van der Waals surface area contributed by atoms with Crippen molar-refractivity contribution in [3.8, 4) is 0 Å². The fourth-order valence-electron chi connectivity index (χ4n) is 3.34. The number of rotatable bonds is 4. The summed E-state index contributed by atoms with van der Waals surface area (Å²) in [4.78, 5) is 2.66. The van der Waals surface area contributed by atoms with Crippen LogP contribution in [0.4, 0.5) is 0 Å². The summed E-state index contributed by atoms with van der Waals surface area (Å²) in [5, 5.41) is 3.48. The lowest BCUT2D eigenvalue weighted by Crippen LogP contribution is -2.32. The Bertz CT molecular complexity index is 193. The van der Waals surface area contributed by atoms with Gasteiger partial charge in [-0.05, 0) is 57.7 Å². The molecule has 2 rings (SSSR count). The van der Waals surface area contributed by atoms with Crippen molar-refractivity contribution in [2.24, 2.45) is 11.8 Å². The molecule has 15 heavy (non-hydrogen) atoms. The number of hydrogen-bond donors (Lipinski definition) is 1. The van der Waals surface area contributed by atoms with Crippen molar-refractivity contribution >= 4 is 0 Å². The lowest BCUT2D eigenvalue weighted by Gasteiger charge is -2.22. The second-order valence-corrected chi connectivity index (χ2v) is 5.57. The van der Waals surface area contributed by atoms with Gasteiger partial charge in [-0.25, -0.2) is 0 Å². The van der Waals surface area contributed by atoms with E-state index in [4.69, 9.17) is 0 Å². The lowest BCUT2D eigenvalue weighted by molar-refractivity contribution is 0.279. The highest BCUT2D eigenvalue weighted by atomic mass is 15.1. The first-order valence-electron chi connectivity index (χ1n) is 6.69. The summed E-state index contributed by atoms with van der Waals surface area (Å²) in [6.07, 6.45) is 7.12. The van der Waals surface area contributed by atoms with Gasteiger partial charge in [0.05, 0.1) is 0 Å². The van der Waals surface area contributed by atoms with E-state index in [1.165, 1.54) is 51.7 Å². The van der Waals surface area contributed by atoms with Gasteiger partial charge < -0.3 is 10.2 Å². The smallest absolute Gasteiger partial charge is 0.00928 e.